The van der Waals surface area contributed by atoms with Gasteiger partial charge in [0, 0.05) is 19.8 Å². The number of benzene rings is 8. The number of halogens is 8. The molecule has 0 radical (unpaired) electrons. The van der Waals surface area contributed by atoms with Crippen molar-refractivity contribution in [3.05, 3.63) is 246 Å². The van der Waals surface area contributed by atoms with Crippen molar-refractivity contribution in [2.45, 2.75) is 218 Å². The Bertz CT molecular complexity index is 4210. The highest BCUT2D eigenvalue weighted by Crippen LogP contribution is 2.56. The van der Waals surface area contributed by atoms with Gasteiger partial charge in [-0.15, -0.1) is 0 Å². The highest BCUT2D eigenvalue weighted by Gasteiger charge is 2.64. The van der Waals surface area contributed by atoms with Crippen molar-refractivity contribution in [2.24, 2.45) is 0 Å². The third kappa shape index (κ3) is 14.4. The van der Waals surface area contributed by atoms with Crippen LogP contribution in [-0.4, -0.2) is 73.1 Å². The summed E-state index contributed by atoms with van der Waals surface area (Å²) in [7, 11) is -2.10. The Morgan fingerprint density at radius 2 is 0.520 bits per heavy atom. The van der Waals surface area contributed by atoms with Crippen molar-refractivity contribution >= 4 is 71.0 Å². The van der Waals surface area contributed by atoms with Gasteiger partial charge in [0.05, 0.1) is 55.9 Å². The van der Waals surface area contributed by atoms with Crippen LogP contribution in [0, 0.1) is 13.8 Å². The maximum absolute atomic E-state index is 13.7. The van der Waals surface area contributed by atoms with Crippen molar-refractivity contribution in [1.82, 2.24) is 0 Å². The maximum atomic E-state index is 13.7. The number of aryl methyl sites for hydroxylation is 2. The summed E-state index contributed by atoms with van der Waals surface area (Å²) in [5.74, 6) is 0. The zero-order chi connectivity index (χ0) is 74.1. The molecule has 0 aromatic heterocycles. The summed E-state index contributed by atoms with van der Waals surface area (Å²) < 4.78 is 132. The zero-order valence-corrected chi connectivity index (χ0v) is 64.8. The van der Waals surface area contributed by atoms with E-state index in [9.17, 15) is 26.3 Å². The lowest BCUT2D eigenvalue weighted by molar-refractivity contribution is -0.138. The van der Waals surface area contributed by atoms with Crippen LogP contribution >= 0.6 is 31.9 Å². The van der Waals surface area contributed by atoms with E-state index in [1.165, 1.54) is 57.6 Å². The van der Waals surface area contributed by atoms with Crippen molar-refractivity contribution in [3.63, 3.8) is 0 Å². The Hall–Kier alpha value is -5.76. The van der Waals surface area contributed by atoms with E-state index in [1.54, 1.807) is 24.3 Å². The normalized spacial score (nSPS) is 20.6. The largest absolute Gasteiger partial charge is 0.494 e. The predicted molar refractivity (Wildman–Crippen MR) is 404 cm³/mol. The molecule has 0 atom stereocenters. The van der Waals surface area contributed by atoms with Gasteiger partial charge in [-0.2, -0.15) is 26.3 Å². The molecule has 0 spiro atoms. The van der Waals surface area contributed by atoms with Crippen molar-refractivity contribution in [3.8, 4) is 22.3 Å². The van der Waals surface area contributed by atoms with Gasteiger partial charge in [0.25, 0.3) is 0 Å². The molecule has 4 heterocycles. The quantitative estimate of drug-likeness (QED) is 0.0937. The Morgan fingerprint density at radius 1 is 0.294 bits per heavy atom. The molecule has 4 saturated heterocycles. The number of alkyl halides is 6. The number of rotatable bonds is 11. The van der Waals surface area contributed by atoms with Gasteiger partial charge in [0.1, 0.15) is 0 Å². The van der Waals surface area contributed by atoms with Crippen LogP contribution in [0.1, 0.15) is 178 Å². The Balaban J connectivity index is 0.000000162. The molecular formula is C82H90B4Br2F6O8. The molecule has 534 valence electrons. The lowest BCUT2D eigenvalue weighted by Gasteiger charge is -2.34. The van der Waals surface area contributed by atoms with Gasteiger partial charge < -0.3 is 37.2 Å². The zero-order valence-electron chi connectivity index (χ0n) is 61.6. The number of fused-ring (bicyclic) bond motifs is 6. The standard InChI is InChI=1S/C41H45B2F3O4.C29H21Br2F3.C12H24B2O4/c1-26-10-12-27(13-11-26)24-40(25-28-14-16-29(17-15-28)41(44,45)46)34-22-30(42-47-36(2,3)37(4,5)48-42)18-20-32(34)33-21-19-31(23-35(33)40)43-49-38(6,7)39(8,9)50-43;1-18-2-4-19(5-3-18)16-28(17-20-6-8-21(9-7-20)29(32,33)34)26-14-22(30)10-12-24(26)25-13-11-23(31)15-27(25)28;1-9(2)10(3,4)16-13(15-9)14-17-11(5,6)12(7,8)18-14/h10-23H,24-25H2,1-9H3;2-15H,16-17H2,1H3;1-8H3. The van der Waals surface area contributed by atoms with E-state index >= 15 is 0 Å². The topological polar surface area (TPSA) is 73.8 Å². The Kier molecular flexibility index (Phi) is 19.8. The van der Waals surface area contributed by atoms with Crippen molar-refractivity contribution in [1.29, 1.82) is 0 Å². The van der Waals surface area contributed by atoms with E-state index in [4.69, 9.17) is 37.2 Å². The van der Waals surface area contributed by atoms with E-state index in [2.05, 4.69) is 155 Å². The molecule has 14 rings (SSSR count). The van der Waals surface area contributed by atoms with E-state index in [0.717, 1.165) is 70.8 Å². The number of hydrogen-bond donors (Lipinski definition) is 0. The Morgan fingerprint density at radius 3 is 0.775 bits per heavy atom. The van der Waals surface area contributed by atoms with Crippen LogP contribution in [0.3, 0.4) is 0 Å². The Labute approximate surface area is 616 Å². The summed E-state index contributed by atoms with van der Waals surface area (Å²) >= 11 is 7.31. The van der Waals surface area contributed by atoms with Gasteiger partial charge in [-0.1, -0.05) is 164 Å². The summed E-state index contributed by atoms with van der Waals surface area (Å²) in [6.45, 7) is 36.7. The first kappa shape index (κ1) is 75.9. The molecule has 8 aromatic rings. The minimum Gasteiger partial charge on any atom is -0.405 e. The molecule has 0 bridgehead atoms. The summed E-state index contributed by atoms with van der Waals surface area (Å²) in [6, 6.07) is 53.8. The number of hydrogen-bond acceptors (Lipinski definition) is 8. The van der Waals surface area contributed by atoms with Crippen LogP contribution in [-0.2, 0) is 86.1 Å². The first-order chi connectivity index (χ1) is 47.2. The summed E-state index contributed by atoms with van der Waals surface area (Å²) in [5.41, 5.74) is 11.4. The van der Waals surface area contributed by atoms with Crippen LogP contribution < -0.4 is 10.9 Å². The minimum absolute atomic E-state index is 0.360. The second-order valence-corrected chi connectivity index (χ2v) is 34.5. The molecule has 8 nitrogen and oxygen atoms in total. The average Bonchev–Trinajstić information content (AvgIpc) is 1.55. The fraction of sp³-hybridized carbons (Fsp3) is 0.415. The fourth-order valence-corrected chi connectivity index (χ4v) is 15.3. The predicted octanol–water partition coefficient (Wildman–Crippen LogP) is 19.9. The third-order valence-corrected chi connectivity index (χ3v) is 24.3. The van der Waals surface area contributed by atoms with Crippen LogP contribution in [0.25, 0.3) is 22.3 Å². The van der Waals surface area contributed by atoms with Gasteiger partial charge >= 0.3 is 40.6 Å². The van der Waals surface area contributed by atoms with Gasteiger partial charge in [0.15, 0.2) is 0 Å². The molecular weight excluding hydrogens is 1430 g/mol. The van der Waals surface area contributed by atoms with E-state index < -0.39 is 85.0 Å². The summed E-state index contributed by atoms with van der Waals surface area (Å²) in [5, 5.41) is 0. The van der Waals surface area contributed by atoms with Crippen LogP contribution in [0.4, 0.5) is 26.3 Å². The third-order valence-electron chi connectivity index (χ3n) is 23.3. The molecule has 6 aliphatic rings. The average molecular weight is 1520 g/mol. The molecule has 0 amide bonds. The molecule has 4 fully saturated rings. The lowest BCUT2D eigenvalue weighted by Crippen LogP contribution is -2.41. The fourth-order valence-electron chi connectivity index (χ4n) is 14.5. The van der Waals surface area contributed by atoms with Gasteiger partial charge in [-0.05, 0) is 277 Å². The van der Waals surface area contributed by atoms with Crippen LogP contribution in [0.2, 0.25) is 0 Å². The van der Waals surface area contributed by atoms with Crippen LogP contribution in [0.5, 0.6) is 0 Å². The molecule has 0 unspecified atom stereocenters. The maximum Gasteiger partial charge on any atom is 0.494 e. The monoisotopic (exact) mass is 1520 g/mol. The second-order valence-electron chi connectivity index (χ2n) is 32.6. The van der Waals surface area contributed by atoms with Gasteiger partial charge in [0.2, 0.25) is 0 Å². The summed E-state index contributed by atoms with van der Waals surface area (Å²) in [4.78, 5) is 0. The van der Waals surface area contributed by atoms with Crippen molar-refractivity contribution in [2.75, 3.05) is 0 Å². The van der Waals surface area contributed by atoms with Gasteiger partial charge in [-0.25, -0.2) is 0 Å². The van der Waals surface area contributed by atoms with E-state index in [1.807, 2.05) is 123 Å². The minimum atomic E-state index is -4.42. The smallest absolute Gasteiger partial charge is 0.405 e. The molecule has 0 saturated carbocycles. The molecule has 0 N–H and O–H groups in total. The highest BCUT2D eigenvalue weighted by atomic mass is 79.9. The first-order valence-electron chi connectivity index (χ1n) is 35.0. The molecule has 20 heteroatoms. The van der Waals surface area contributed by atoms with Crippen LogP contribution in [0.15, 0.2) is 179 Å². The second kappa shape index (κ2) is 26.6. The van der Waals surface area contributed by atoms with Gasteiger partial charge in [-0.3, -0.25) is 0 Å². The van der Waals surface area contributed by atoms with E-state index in [0.29, 0.717) is 19.3 Å². The summed E-state index contributed by atoms with van der Waals surface area (Å²) in [6.07, 6.45) is -6.35. The first-order valence-corrected chi connectivity index (χ1v) is 36.6. The molecule has 2 aliphatic carbocycles. The van der Waals surface area contributed by atoms with E-state index in [-0.39, 0.29) is 22.4 Å². The highest BCUT2D eigenvalue weighted by molar-refractivity contribution is 9.10. The molecule has 8 aromatic carbocycles. The molecule has 4 aliphatic heterocycles. The lowest BCUT2D eigenvalue weighted by atomic mass is 9.49. The SMILES string of the molecule is CC1(C)OB(B2OC(C)(C)C(C)(C)O2)OC1(C)C.Cc1ccc(CC2(Cc3ccc(C(F)(F)F)cc3)c3cc(B4OC(C)(C)C(C)(C)O4)ccc3-c3ccc(B4OC(C)(C)C(C)(C)O4)cc32)cc1.Cc1ccc(CC2(Cc3ccc(C(F)(F)F)cc3)c3cc(Br)ccc3-c3ccc(Br)cc32)cc1. The van der Waals surface area contributed by atoms with Crippen molar-refractivity contribution < 1.29 is 63.6 Å². The molecule has 102 heavy (non-hydrogen) atoms.